The highest BCUT2D eigenvalue weighted by atomic mass is 16.6. The van der Waals surface area contributed by atoms with E-state index in [1.165, 1.54) is 25.4 Å². The maximum absolute atomic E-state index is 11.9. The molecule has 0 saturated carbocycles. The minimum atomic E-state index is -0.472. The molecule has 1 N–H and O–H groups in total. The van der Waals surface area contributed by atoms with Crippen molar-refractivity contribution in [1.29, 1.82) is 0 Å². The highest BCUT2D eigenvalue weighted by Gasteiger charge is 2.07. The van der Waals surface area contributed by atoms with Gasteiger partial charge in [0.05, 0.1) is 11.1 Å². The zero-order chi connectivity index (χ0) is 15.9. The molecule has 0 aliphatic heterocycles. The van der Waals surface area contributed by atoms with Gasteiger partial charge in [0.1, 0.15) is 0 Å². The number of para-hydroxylation sites is 1. The van der Waals surface area contributed by atoms with Gasteiger partial charge in [0.2, 0.25) is 0 Å². The summed E-state index contributed by atoms with van der Waals surface area (Å²) in [6, 6.07) is 14.5. The summed E-state index contributed by atoms with van der Waals surface area (Å²) in [5.41, 5.74) is 1.34. The minimum Gasteiger partial charge on any atom is -0.306 e. The van der Waals surface area contributed by atoms with Crippen molar-refractivity contribution < 1.29 is 9.72 Å². The summed E-state index contributed by atoms with van der Waals surface area (Å²) in [4.78, 5) is 22.0. The van der Waals surface area contributed by atoms with Crippen LogP contribution in [-0.2, 0) is 0 Å². The summed E-state index contributed by atoms with van der Waals surface area (Å²) in [5.74, 6) is 0. The molecular formula is C15H14N4O3. The van der Waals surface area contributed by atoms with Gasteiger partial charge >= 0.3 is 6.03 Å². The quantitative estimate of drug-likeness (QED) is 0.534. The highest BCUT2D eigenvalue weighted by molar-refractivity contribution is 5.90. The van der Waals surface area contributed by atoms with E-state index in [9.17, 15) is 14.9 Å². The van der Waals surface area contributed by atoms with Crippen LogP contribution in [-0.4, -0.2) is 29.2 Å². The molecule has 0 aliphatic rings. The average Bonchev–Trinajstić information content (AvgIpc) is 2.53. The lowest BCUT2D eigenvalue weighted by Gasteiger charge is -2.12. The number of benzene rings is 2. The first-order valence-corrected chi connectivity index (χ1v) is 6.44. The number of nitro benzene ring substituents is 1. The van der Waals surface area contributed by atoms with E-state index in [1.54, 1.807) is 24.3 Å². The Kier molecular flexibility index (Phi) is 4.81. The van der Waals surface area contributed by atoms with Gasteiger partial charge in [-0.15, -0.1) is 0 Å². The second-order valence-electron chi connectivity index (χ2n) is 4.41. The molecule has 2 aromatic rings. The Morgan fingerprint density at radius 3 is 2.41 bits per heavy atom. The SMILES string of the molecule is CN(/N=C/c1ccc([N+](=O)[O-])cc1)C(=O)Nc1ccccc1. The predicted molar refractivity (Wildman–Crippen MR) is 83.9 cm³/mol. The lowest BCUT2D eigenvalue weighted by atomic mass is 10.2. The summed E-state index contributed by atoms with van der Waals surface area (Å²) in [6.07, 6.45) is 1.45. The van der Waals surface area contributed by atoms with Crippen molar-refractivity contribution >= 4 is 23.6 Å². The minimum absolute atomic E-state index is 0.00678. The molecule has 0 radical (unpaired) electrons. The van der Waals surface area contributed by atoms with Gasteiger partial charge in [0.15, 0.2) is 0 Å². The van der Waals surface area contributed by atoms with E-state index in [1.807, 2.05) is 18.2 Å². The molecule has 2 rings (SSSR count). The third-order valence-corrected chi connectivity index (χ3v) is 2.80. The number of nitrogens with one attached hydrogen (secondary N) is 1. The standard InChI is InChI=1S/C15H14N4O3/c1-18(15(20)17-13-5-3-2-4-6-13)16-11-12-7-9-14(10-8-12)19(21)22/h2-11H,1H3,(H,17,20)/b16-11+. The number of hydrazone groups is 1. The second kappa shape index (κ2) is 6.98. The van der Waals surface area contributed by atoms with E-state index in [0.717, 1.165) is 5.01 Å². The fourth-order valence-corrected chi connectivity index (χ4v) is 1.61. The number of nitrogens with zero attached hydrogens (tertiary/aromatic N) is 3. The van der Waals surface area contributed by atoms with Gasteiger partial charge < -0.3 is 5.32 Å². The molecule has 0 bridgehead atoms. The molecule has 0 aromatic heterocycles. The fraction of sp³-hybridized carbons (Fsp3) is 0.0667. The topological polar surface area (TPSA) is 87.8 Å². The zero-order valence-corrected chi connectivity index (χ0v) is 11.8. The van der Waals surface area contributed by atoms with Crippen molar-refractivity contribution in [2.75, 3.05) is 12.4 Å². The Morgan fingerprint density at radius 2 is 1.82 bits per heavy atom. The predicted octanol–water partition coefficient (Wildman–Crippen LogP) is 3.09. The van der Waals surface area contributed by atoms with Crippen LogP contribution in [0, 0.1) is 10.1 Å². The van der Waals surface area contributed by atoms with Gasteiger partial charge in [-0.05, 0) is 29.8 Å². The fourth-order valence-electron chi connectivity index (χ4n) is 1.61. The van der Waals surface area contributed by atoms with Gasteiger partial charge in [0.25, 0.3) is 5.69 Å². The molecule has 0 saturated heterocycles. The Hall–Kier alpha value is -3.22. The van der Waals surface area contributed by atoms with Gasteiger partial charge in [-0.3, -0.25) is 10.1 Å². The van der Waals surface area contributed by atoms with Crippen molar-refractivity contribution in [1.82, 2.24) is 5.01 Å². The van der Waals surface area contributed by atoms with E-state index < -0.39 is 4.92 Å². The summed E-state index contributed by atoms with van der Waals surface area (Å²) in [6.45, 7) is 0. The maximum atomic E-state index is 11.9. The summed E-state index contributed by atoms with van der Waals surface area (Å²) < 4.78 is 0. The highest BCUT2D eigenvalue weighted by Crippen LogP contribution is 2.11. The Morgan fingerprint density at radius 1 is 1.18 bits per heavy atom. The maximum Gasteiger partial charge on any atom is 0.341 e. The van der Waals surface area contributed by atoms with E-state index >= 15 is 0 Å². The molecule has 0 aliphatic carbocycles. The van der Waals surface area contributed by atoms with E-state index in [-0.39, 0.29) is 11.7 Å². The number of non-ortho nitro benzene ring substituents is 1. The Labute approximate surface area is 127 Å². The van der Waals surface area contributed by atoms with Crippen molar-refractivity contribution in [3.05, 3.63) is 70.3 Å². The van der Waals surface area contributed by atoms with Crippen LogP contribution in [0.25, 0.3) is 0 Å². The third kappa shape index (κ3) is 4.14. The van der Waals surface area contributed by atoms with Gasteiger partial charge in [-0.2, -0.15) is 5.10 Å². The van der Waals surface area contributed by atoms with E-state index in [0.29, 0.717) is 11.3 Å². The normalized spacial score (nSPS) is 10.4. The molecule has 0 fully saturated rings. The number of rotatable bonds is 4. The number of urea groups is 1. The molecule has 7 nitrogen and oxygen atoms in total. The molecule has 0 unspecified atom stereocenters. The number of hydrogen-bond acceptors (Lipinski definition) is 4. The summed E-state index contributed by atoms with van der Waals surface area (Å²) in [5, 5.41) is 18.4. The van der Waals surface area contributed by atoms with Crippen LogP contribution in [0.5, 0.6) is 0 Å². The number of carbonyl (C=O) groups is 1. The van der Waals surface area contributed by atoms with Crippen molar-refractivity contribution in [2.45, 2.75) is 0 Å². The van der Waals surface area contributed by atoms with Crippen molar-refractivity contribution in [3.63, 3.8) is 0 Å². The lowest BCUT2D eigenvalue weighted by molar-refractivity contribution is -0.384. The van der Waals surface area contributed by atoms with E-state index in [2.05, 4.69) is 10.4 Å². The molecule has 7 heteroatoms. The number of nitro groups is 1. The van der Waals surface area contributed by atoms with Gasteiger partial charge in [-0.25, -0.2) is 9.80 Å². The molecule has 0 atom stereocenters. The second-order valence-corrected chi connectivity index (χ2v) is 4.41. The Bertz CT molecular complexity index is 684. The average molecular weight is 298 g/mol. The lowest BCUT2D eigenvalue weighted by Crippen LogP contribution is -2.26. The van der Waals surface area contributed by atoms with E-state index in [4.69, 9.17) is 0 Å². The molecule has 22 heavy (non-hydrogen) atoms. The van der Waals surface area contributed by atoms with Crippen LogP contribution in [0.3, 0.4) is 0 Å². The van der Waals surface area contributed by atoms with Gasteiger partial charge in [-0.1, -0.05) is 18.2 Å². The number of hydrogen-bond donors (Lipinski definition) is 1. The van der Waals surface area contributed by atoms with Crippen LogP contribution >= 0.6 is 0 Å². The zero-order valence-electron chi connectivity index (χ0n) is 11.8. The molecule has 0 heterocycles. The number of anilines is 1. The smallest absolute Gasteiger partial charge is 0.306 e. The Balaban J connectivity index is 1.97. The van der Waals surface area contributed by atoms with Crippen LogP contribution in [0.2, 0.25) is 0 Å². The molecule has 112 valence electrons. The van der Waals surface area contributed by atoms with Gasteiger partial charge in [0, 0.05) is 24.9 Å². The number of amides is 2. The monoisotopic (exact) mass is 298 g/mol. The van der Waals surface area contributed by atoms with Crippen molar-refractivity contribution in [3.8, 4) is 0 Å². The molecule has 2 amide bonds. The van der Waals surface area contributed by atoms with Crippen LogP contribution < -0.4 is 5.32 Å². The first kappa shape index (κ1) is 15.2. The summed E-state index contributed by atoms with van der Waals surface area (Å²) >= 11 is 0. The first-order chi connectivity index (χ1) is 10.6. The molecule has 2 aromatic carbocycles. The summed E-state index contributed by atoms with van der Waals surface area (Å²) in [7, 11) is 1.51. The first-order valence-electron chi connectivity index (χ1n) is 6.44. The largest absolute Gasteiger partial charge is 0.341 e. The van der Waals surface area contributed by atoms with Crippen LogP contribution in [0.15, 0.2) is 59.7 Å². The number of carbonyl (C=O) groups excluding carboxylic acids is 1. The third-order valence-electron chi connectivity index (χ3n) is 2.80. The van der Waals surface area contributed by atoms with Crippen LogP contribution in [0.4, 0.5) is 16.2 Å². The molecule has 0 spiro atoms. The van der Waals surface area contributed by atoms with Crippen LogP contribution in [0.1, 0.15) is 5.56 Å². The van der Waals surface area contributed by atoms with Crippen molar-refractivity contribution in [2.24, 2.45) is 5.10 Å². The molecular weight excluding hydrogens is 284 g/mol.